The summed E-state index contributed by atoms with van der Waals surface area (Å²) in [4.78, 5) is 14.8. The monoisotopic (exact) mass is 307 g/mol. The zero-order valence-corrected chi connectivity index (χ0v) is 13.7. The van der Waals surface area contributed by atoms with E-state index in [2.05, 4.69) is 34.3 Å². The molecule has 0 radical (unpaired) electrons. The van der Waals surface area contributed by atoms with Gasteiger partial charge in [-0.15, -0.1) is 0 Å². The Morgan fingerprint density at radius 3 is 2.30 bits per heavy atom. The predicted octanol–water partition coefficient (Wildman–Crippen LogP) is 3.33. The molecule has 0 N–H and O–H groups in total. The summed E-state index contributed by atoms with van der Waals surface area (Å²) in [5, 5.41) is 5.98. The van der Waals surface area contributed by atoms with Crippen LogP contribution in [0.15, 0.2) is 59.7 Å². The fourth-order valence-corrected chi connectivity index (χ4v) is 2.76. The number of rotatable bonds is 4. The zero-order valence-electron chi connectivity index (χ0n) is 13.7. The third-order valence-electron chi connectivity index (χ3n) is 4.16. The minimum atomic E-state index is -0.180. The number of para-hydroxylation sites is 1. The van der Waals surface area contributed by atoms with E-state index in [1.807, 2.05) is 51.4 Å². The quantitative estimate of drug-likeness (QED) is 0.868. The molecular formula is C19H21N3O. The second-order valence-corrected chi connectivity index (χ2v) is 6.04. The van der Waals surface area contributed by atoms with Crippen molar-refractivity contribution < 1.29 is 4.79 Å². The van der Waals surface area contributed by atoms with Gasteiger partial charge in [0.1, 0.15) is 0 Å². The number of benzene rings is 2. The Hall–Kier alpha value is -2.62. The van der Waals surface area contributed by atoms with Crippen molar-refractivity contribution in [2.24, 2.45) is 11.0 Å². The molecule has 1 amide bonds. The predicted molar refractivity (Wildman–Crippen MR) is 95.0 cm³/mol. The maximum absolute atomic E-state index is 12.7. The van der Waals surface area contributed by atoms with Crippen molar-refractivity contribution in [2.75, 3.05) is 24.0 Å². The minimum absolute atomic E-state index is 0.0467. The Morgan fingerprint density at radius 2 is 1.70 bits per heavy atom. The van der Waals surface area contributed by atoms with Gasteiger partial charge in [0, 0.05) is 25.5 Å². The van der Waals surface area contributed by atoms with Crippen molar-refractivity contribution in [1.82, 2.24) is 0 Å². The highest BCUT2D eigenvalue weighted by Crippen LogP contribution is 2.26. The van der Waals surface area contributed by atoms with Crippen molar-refractivity contribution >= 4 is 23.0 Å². The van der Waals surface area contributed by atoms with Crippen LogP contribution in [0.3, 0.4) is 0 Å². The Balaban J connectivity index is 1.76. The lowest BCUT2D eigenvalue weighted by Gasteiger charge is -2.15. The van der Waals surface area contributed by atoms with Crippen LogP contribution in [0.1, 0.15) is 12.5 Å². The molecule has 118 valence electrons. The molecule has 3 rings (SSSR count). The van der Waals surface area contributed by atoms with E-state index in [0.29, 0.717) is 6.42 Å². The molecule has 1 heterocycles. The first-order valence-corrected chi connectivity index (χ1v) is 7.76. The molecule has 1 aliphatic heterocycles. The van der Waals surface area contributed by atoms with E-state index in [-0.39, 0.29) is 11.8 Å². The number of hydrazone groups is 1. The summed E-state index contributed by atoms with van der Waals surface area (Å²) in [5.74, 6) is -0.134. The summed E-state index contributed by atoms with van der Waals surface area (Å²) < 4.78 is 0. The van der Waals surface area contributed by atoms with Crippen molar-refractivity contribution in [1.29, 1.82) is 0 Å². The van der Waals surface area contributed by atoms with Crippen molar-refractivity contribution in [3.8, 4) is 0 Å². The van der Waals surface area contributed by atoms with Crippen LogP contribution >= 0.6 is 0 Å². The van der Waals surface area contributed by atoms with Gasteiger partial charge in [-0.25, -0.2) is 5.01 Å². The summed E-state index contributed by atoms with van der Waals surface area (Å²) in [6.45, 7) is 1.93. The highest BCUT2D eigenvalue weighted by molar-refractivity contribution is 6.14. The van der Waals surface area contributed by atoms with Gasteiger partial charge >= 0.3 is 0 Å². The summed E-state index contributed by atoms with van der Waals surface area (Å²) in [6, 6.07) is 17.9. The second-order valence-electron chi connectivity index (χ2n) is 6.04. The number of nitrogens with zero attached hydrogens (tertiary/aromatic N) is 3. The molecule has 2 aromatic carbocycles. The van der Waals surface area contributed by atoms with E-state index in [4.69, 9.17) is 0 Å². The van der Waals surface area contributed by atoms with E-state index in [9.17, 15) is 4.79 Å². The molecule has 1 atom stereocenters. The van der Waals surface area contributed by atoms with Gasteiger partial charge in [0.15, 0.2) is 0 Å². The zero-order chi connectivity index (χ0) is 16.4. The van der Waals surface area contributed by atoms with E-state index in [0.717, 1.165) is 22.6 Å². The number of anilines is 2. The molecule has 4 nitrogen and oxygen atoms in total. The molecule has 1 aliphatic rings. The van der Waals surface area contributed by atoms with Gasteiger partial charge in [-0.3, -0.25) is 4.79 Å². The molecule has 0 saturated carbocycles. The van der Waals surface area contributed by atoms with Crippen molar-refractivity contribution in [3.05, 3.63) is 60.2 Å². The van der Waals surface area contributed by atoms with Crippen LogP contribution in [0.5, 0.6) is 0 Å². The Labute approximate surface area is 137 Å². The fraction of sp³-hybridized carbons (Fsp3) is 0.263. The first-order chi connectivity index (χ1) is 11.1. The normalized spacial score (nSPS) is 17.3. The average molecular weight is 307 g/mol. The number of carbonyl (C=O) groups is 1. The highest BCUT2D eigenvalue weighted by atomic mass is 16.2. The van der Waals surface area contributed by atoms with Crippen LogP contribution in [0, 0.1) is 5.92 Å². The molecule has 0 spiro atoms. The third kappa shape index (κ3) is 3.11. The summed E-state index contributed by atoms with van der Waals surface area (Å²) in [6.07, 6.45) is 0.686. The van der Waals surface area contributed by atoms with Crippen LogP contribution in [0.25, 0.3) is 0 Å². The lowest BCUT2D eigenvalue weighted by Crippen LogP contribution is -2.28. The van der Waals surface area contributed by atoms with Crippen LogP contribution in [0.4, 0.5) is 11.4 Å². The smallest absolute Gasteiger partial charge is 0.256 e. The van der Waals surface area contributed by atoms with E-state index < -0.39 is 0 Å². The molecule has 0 saturated heterocycles. The first-order valence-electron chi connectivity index (χ1n) is 7.76. The van der Waals surface area contributed by atoms with Gasteiger partial charge in [-0.05, 0) is 43.2 Å². The fourth-order valence-electron chi connectivity index (χ4n) is 2.76. The number of amides is 1. The lowest BCUT2D eigenvalue weighted by atomic mass is 9.95. The van der Waals surface area contributed by atoms with Crippen molar-refractivity contribution in [2.45, 2.75) is 13.3 Å². The van der Waals surface area contributed by atoms with Gasteiger partial charge in [-0.1, -0.05) is 30.3 Å². The molecule has 0 bridgehead atoms. The molecule has 0 aromatic heterocycles. The van der Waals surface area contributed by atoms with Crippen LogP contribution in [-0.2, 0) is 11.2 Å². The molecular weight excluding hydrogens is 286 g/mol. The van der Waals surface area contributed by atoms with E-state index in [1.165, 1.54) is 5.01 Å². The minimum Gasteiger partial charge on any atom is -0.378 e. The number of hydrogen-bond donors (Lipinski definition) is 0. The molecule has 4 heteroatoms. The topological polar surface area (TPSA) is 35.9 Å². The van der Waals surface area contributed by atoms with E-state index >= 15 is 0 Å². The SMILES string of the molecule is CC1=NN(c2ccccc2)C(=O)[C@@H]1Cc1ccc(N(C)C)cc1. The molecule has 0 aliphatic carbocycles. The Morgan fingerprint density at radius 1 is 1.04 bits per heavy atom. The van der Waals surface area contributed by atoms with Crippen LogP contribution in [0.2, 0.25) is 0 Å². The molecule has 0 fully saturated rings. The number of hydrogen-bond acceptors (Lipinski definition) is 3. The average Bonchev–Trinajstić information content (AvgIpc) is 2.84. The summed E-state index contributed by atoms with van der Waals surface area (Å²) in [7, 11) is 4.04. The molecule has 0 unspecified atom stereocenters. The summed E-state index contributed by atoms with van der Waals surface area (Å²) >= 11 is 0. The first kappa shape index (κ1) is 15.3. The number of carbonyl (C=O) groups excluding carboxylic acids is 1. The maximum atomic E-state index is 12.7. The van der Waals surface area contributed by atoms with Gasteiger partial charge in [0.05, 0.1) is 11.6 Å². The second kappa shape index (κ2) is 6.24. The Bertz CT molecular complexity index is 720. The molecule has 23 heavy (non-hydrogen) atoms. The highest BCUT2D eigenvalue weighted by Gasteiger charge is 2.34. The summed E-state index contributed by atoms with van der Waals surface area (Å²) in [5.41, 5.74) is 4.00. The van der Waals surface area contributed by atoms with Gasteiger partial charge in [0.25, 0.3) is 5.91 Å². The lowest BCUT2D eigenvalue weighted by molar-refractivity contribution is -0.119. The maximum Gasteiger partial charge on any atom is 0.256 e. The van der Waals surface area contributed by atoms with Gasteiger partial charge in [-0.2, -0.15) is 5.10 Å². The van der Waals surface area contributed by atoms with Crippen molar-refractivity contribution in [3.63, 3.8) is 0 Å². The van der Waals surface area contributed by atoms with Crippen LogP contribution < -0.4 is 9.91 Å². The standard InChI is InChI=1S/C19H21N3O/c1-14-18(13-15-9-11-16(12-10-15)21(2)3)19(23)22(20-14)17-7-5-4-6-8-17/h4-12,18H,13H2,1-3H3/t18-/m1/s1. The van der Waals surface area contributed by atoms with Gasteiger partial charge < -0.3 is 4.90 Å². The van der Waals surface area contributed by atoms with Gasteiger partial charge in [0.2, 0.25) is 0 Å². The third-order valence-corrected chi connectivity index (χ3v) is 4.16. The molecule has 2 aromatic rings. The largest absolute Gasteiger partial charge is 0.378 e. The van der Waals surface area contributed by atoms with E-state index in [1.54, 1.807) is 0 Å². The Kier molecular flexibility index (Phi) is 4.15. The van der Waals surface area contributed by atoms with Crippen LogP contribution in [-0.4, -0.2) is 25.7 Å².